The van der Waals surface area contributed by atoms with E-state index in [1.807, 2.05) is 6.07 Å². The zero-order valence-electron chi connectivity index (χ0n) is 12.2. The fourth-order valence-electron chi connectivity index (χ4n) is 2.56. The Morgan fingerprint density at radius 1 is 1.35 bits per heavy atom. The van der Waals surface area contributed by atoms with E-state index in [2.05, 4.69) is 36.3 Å². The van der Waals surface area contributed by atoms with Gasteiger partial charge >= 0.3 is 0 Å². The normalized spacial score (nSPS) is 16.1. The standard InChI is InChI=1S/C16H22N2OS/c1-11(2)10-19-13-7-8-14-15(9-13)20-16(18-14)17-12-5-3-4-6-12/h7-9,11-12H,3-6,10H2,1-2H3,(H,17,18). The molecule has 0 saturated heterocycles. The van der Waals surface area contributed by atoms with Gasteiger partial charge in [-0.1, -0.05) is 38.0 Å². The van der Waals surface area contributed by atoms with Gasteiger partial charge in [-0.25, -0.2) is 4.98 Å². The number of hydrogen-bond acceptors (Lipinski definition) is 4. The van der Waals surface area contributed by atoms with Crippen molar-refractivity contribution in [1.82, 2.24) is 4.98 Å². The molecule has 0 unspecified atom stereocenters. The number of nitrogens with zero attached hydrogens (tertiary/aromatic N) is 1. The highest BCUT2D eigenvalue weighted by molar-refractivity contribution is 7.22. The fourth-order valence-corrected chi connectivity index (χ4v) is 3.54. The van der Waals surface area contributed by atoms with Crippen LogP contribution in [0.2, 0.25) is 0 Å². The molecule has 1 heterocycles. The lowest BCUT2D eigenvalue weighted by molar-refractivity contribution is 0.271. The van der Waals surface area contributed by atoms with Crippen molar-refractivity contribution in [1.29, 1.82) is 0 Å². The molecule has 4 heteroatoms. The van der Waals surface area contributed by atoms with Gasteiger partial charge in [0.15, 0.2) is 5.13 Å². The fraction of sp³-hybridized carbons (Fsp3) is 0.562. The third-order valence-electron chi connectivity index (χ3n) is 3.63. The maximum absolute atomic E-state index is 5.78. The van der Waals surface area contributed by atoms with E-state index in [0.717, 1.165) is 23.0 Å². The first kappa shape index (κ1) is 13.7. The van der Waals surface area contributed by atoms with Gasteiger partial charge in [0.05, 0.1) is 16.8 Å². The van der Waals surface area contributed by atoms with Gasteiger partial charge in [-0.05, 0) is 37.0 Å². The number of hydrogen-bond donors (Lipinski definition) is 1. The van der Waals surface area contributed by atoms with E-state index in [0.29, 0.717) is 12.0 Å². The van der Waals surface area contributed by atoms with Crippen molar-refractivity contribution in [3.05, 3.63) is 18.2 Å². The number of benzene rings is 1. The van der Waals surface area contributed by atoms with Gasteiger partial charge < -0.3 is 10.1 Å². The minimum Gasteiger partial charge on any atom is -0.493 e. The number of ether oxygens (including phenoxy) is 1. The molecule has 1 aromatic carbocycles. The van der Waals surface area contributed by atoms with Crippen molar-refractivity contribution in [2.45, 2.75) is 45.6 Å². The average Bonchev–Trinajstić information content (AvgIpc) is 3.04. The summed E-state index contributed by atoms with van der Waals surface area (Å²) >= 11 is 1.73. The Kier molecular flexibility index (Phi) is 4.10. The van der Waals surface area contributed by atoms with Crippen LogP contribution in [-0.2, 0) is 0 Å². The van der Waals surface area contributed by atoms with Crippen LogP contribution in [-0.4, -0.2) is 17.6 Å². The van der Waals surface area contributed by atoms with Crippen LogP contribution in [0.3, 0.4) is 0 Å². The average molecular weight is 290 g/mol. The van der Waals surface area contributed by atoms with Crippen molar-refractivity contribution in [2.24, 2.45) is 5.92 Å². The van der Waals surface area contributed by atoms with Crippen molar-refractivity contribution in [3.63, 3.8) is 0 Å². The predicted octanol–water partition coefficient (Wildman–Crippen LogP) is 4.69. The quantitative estimate of drug-likeness (QED) is 0.867. The van der Waals surface area contributed by atoms with E-state index in [1.165, 1.54) is 30.4 Å². The van der Waals surface area contributed by atoms with Gasteiger partial charge in [0, 0.05) is 6.04 Å². The molecular weight excluding hydrogens is 268 g/mol. The highest BCUT2D eigenvalue weighted by Crippen LogP contribution is 2.31. The summed E-state index contributed by atoms with van der Waals surface area (Å²) in [5.74, 6) is 1.49. The van der Waals surface area contributed by atoms with Gasteiger partial charge in [-0.2, -0.15) is 0 Å². The first-order chi connectivity index (χ1) is 9.70. The van der Waals surface area contributed by atoms with Gasteiger partial charge in [0.2, 0.25) is 0 Å². The molecule has 2 aromatic rings. The summed E-state index contributed by atoms with van der Waals surface area (Å²) in [5, 5.41) is 4.62. The van der Waals surface area contributed by atoms with Crippen molar-refractivity contribution < 1.29 is 4.74 Å². The number of anilines is 1. The molecule has 1 aliphatic carbocycles. The minimum atomic E-state index is 0.548. The zero-order valence-corrected chi connectivity index (χ0v) is 13.0. The Morgan fingerprint density at radius 2 is 2.15 bits per heavy atom. The van der Waals surface area contributed by atoms with Crippen LogP contribution >= 0.6 is 11.3 Å². The third-order valence-corrected chi connectivity index (χ3v) is 4.58. The Bertz CT molecular complexity index is 573. The van der Waals surface area contributed by atoms with E-state index in [4.69, 9.17) is 4.74 Å². The van der Waals surface area contributed by atoms with Gasteiger partial charge in [0.1, 0.15) is 5.75 Å². The highest BCUT2D eigenvalue weighted by atomic mass is 32.1. The minimum absolute atomic E-state index is 0.548. The zero-order chi connectivity index (χ0) is 13.9. The van der Waals surface area contributed by atoms with Crippen LogP contribution in [0.4, 0.5) is 5.13 Å². The predicted molar refractivity (Wildman–Crippen MR) is 85.8 cm³/mol. The molecule has 108 valence electrons. The van der Waals surface area contributed by atoms with Crippen LogP contribution in [0.15, 0.2) is 18.2 Å². The van der Waals surface area contributed by atoms with E-state index < -0.39 is 0 Å². The van der Waals surface area contributed by atoms with Crippen LogP contribution in [0.1, 0.15) is 39.5 Å². The molecule has 1 N–H and O–H groups in total. The second-order valence-electron chi connectivity index (χ2n) is 5.98. The van der Waals surface area contributed by atoms with Crippen LogP contribution in [0.25, 0.3) is 10.2 Å². The van der Waals surface area contributed by atoms with E-state index in [1.54, 1.807) is 11.3 Å². The second kappa shape index (κ2) is 6.00. The Hall–Kier alpha value is -1.29. The van der Waals surface area contributed by atoms with Crippen LogP contribution in [0.5, 0.6) is 5.75 Å². The third kappa shape index (κ3) is 3.23. The summed E-state index contributed by atoms with van der Waals surface area (Å²) in [7, 11) is 0. The SMILES string of the molecule is CC(C)COc1ccc2nc(NC3CCCC3)sc2c1. The number of thiazole rings is 1. The molecule has 0 spiro atoms. The first-order valence-electron chi connectivity index (χ1n) is 7.50. The summed E-state index contributed by atoms with van der Waals surface area (Å²) in [6.45, 7) is 5.08. The molecule has 0 atom stereocenters. The molecule has 1 aromatic heterocycles. The molecule has 1 fully saturated rings. The van der Waals surface area contributed by atoms with Crippen molar-refractivity contribution in [3.8, 4) is 5.75 Å². The summed E-state index contributed by atoms with van der Waals surface area (Å²) in [6, 6.07) is 6.80. The summed E-state index contributed by atoms with van der Waals surface area (Å²) in [5.41, 5.74) is 1.06. The maximum atomic E-state index is 5.78. The molecule has 3 rings (SSSR count). The highest BCUT2D eigenvalue weighted by Gasteiger charge is 2.16. The molecule has 0 amide bonds. The second-order valence-corrected chi connectivity index (χ2v) is 7.01. The maximum Gasteiger partial charge on any atom is 0.184 e. The molecule has 3 nitrogen and oxygen atoms in total. The van der Waals surface area contributed by atoms with Gasteiger partial charge in [0.25, 0.3) is 0 Å². The largest absolute Gasteiger partial charge is 0.493 e. The molecule has 0 radical (unpaired) electrons. The van der Waals surface area contributed by atoms with Crippen molar-refractivity contribution >= 4 is 26.7 Å². The Morgan fingerprint density at radius 3 is 2.90 bits per heavy atom. The molecular formula is C16H22N2OS. The van der Waals surface area contributed by atoms with Crippen molar-refractivity contribution in [2.75, 3.05) is 11.9 Å². The first-order valence-corrected chi connectivity index (χ1v) is 8.32. The molecule has 0 bridgehead atoms. The number of aromatic nitrogens is 1. The molecule has 1 saturated carbocycles. The van der Waals surface area contributed by atoms with Gasteiger partial charge in [-0.15, -0.1) is 0 Å². The molecule has 0 aliphatic heterocycles. The summed E-state index contributed by atoms with van der Waals surface area (Å²) in [6.07, 6.45) is 5.24. The summed E-state index contributed by atoms with van der Waals surface area (Å²) < 4.78 is 6.98. The lowest BCUT2D eigenvalue weighted by atomic mass is 10.2. The molecule has 20 heavy (non-hydrogen) atoms. The number of rotatable bonds is 5. The smallest absolute Gasteiger partial charge is 0.184 e. The summed E-state index contributed by atoms with van der Waals surface area (Å²) in [4.78, 5) is 4.66. The van der Waals surface area contributed by atoms with E-state index in [9.17, 15) is 0 Å². The molecule has 1 aliphatic rings. The Labute approximate surface area is 124 Å². The van der Waals surface area contributed by atoms with Crippen LogP contribution < -0.4 is 10.1 Å². The monoisotopic (exact) mass is 290 g/mol. The van der Waals surface area contributed by atoms with E-state index in [-0.39, 0.29) is 0 Å². The topological polar surface area (TPSA) is 34.1 Å². The van der Waals surface area contributed by atoms with E-state index >= 15 is 0 Å². The van der Waals surface area contributed by atoms with Crippen LogP contribution in [0, 0.1) is 5.92 Å². The lowest BCUT2D eigenvalue weighted by Crippen LogP contribution is -2.13. The lowest BCUT2D eigenvalue weighted by Gasteiger charge is -2.09. The number of fused-ring (bicyclic) bond motifs is 1. The van der Waals surface area contributed by atoms with Gasteiger partial charge in [-0.3, -0.25) is 0 Å². The Balaban J connectivity index is 1.73. The number of nitrogens with one attached hydrogen (secondary N) is 1.